The molecule has 0 saturated heterocycles. The summed E-state index contributed by atoms with van der Waals surface area (Å²) >= 11 is 6.05. The van der Waals surface area contributed by atoms with E-state index >= 15 is 0 Å². The number of hydrogen-bond donors (Lipinski definition) is 1. The first-order valence-corrected chi connectivity index (χ1v) is 10.7. The average Bonchev–Trinajstić information content (AvgIpc) is 3.05. The number of benzene rings is 3. The molecule has 0 fully saturated rings. The highest BCUT2D eigenvalue weighted by Gasteiger charge is 2.40. The third-order valence-corrected chi connectivity index (χ3v) is 5.84. The van der Waals surface area contributed by atoms with Crippen LogP contribution in [0.2, 0.25) is 5.02 Å². The van der Waals surface area contributed by atoms with Crippen LogP contribution in [-0.2, 0) is 9.59 Å². The summed E-state index contributed by atoms with van der Waals surface area (Å²) in [4.78, 5) is 28.3. The van der Waals surface area contributed by atoms with E-state index in [4.69, 9.17) is 21.1 Å². The summed E-state index contributed by atoms with van der Waals surface area (Å²) < 4.78 is 10.7. The molecule has 168 valence electrons. The Morgan fingerprint density at radius 3 is 2.00 bits per heavy atom. The van der Waals surface area contributed by atoms with Gasteiger partial charge in [-0.2, -0.15) is 0 Å². The molecule has 33 heavy (non-hydrogen) atoms. The van der Waals surface area contributed by atoms with Crippen LogP contribution in [0.1, 0.15) is 16.7 Å². The molecule has 1 aliphatic rings. The quantitative estimate of drug-likeness (QED) is 0.499. The van der Waals surface area contributed by atoms with Crippen molar-refractivity contribution in [3.63, 3.8) is 0 Å². The minimum absolute atomic E-state index is 0.163. The van der Waals surface area contributed by atoms with E-state index in [1.54, 1.807) is 62.8 Å². The predicted octanol–water partition coefficient (Wildman–Crippen LogP) is 5.37. The van der Waals surface area contributed by atoms with Gasteiger partial charge >= 0.3 is 0 Å². The third kappa shape index (κ3) is 4.30. The van der Waals surface area contributed by atoms with E-state index in [-0.39, 0.29) is 11.3 Å². The molecule has 1 N–H and O–H groups in total. The van der Waals surface area contributed by atoms with E-state index in [1.807, 2.05) is 26.0 Å². The Hall–Kier alpha value is -3.77. The zero-order chi connectivity index (χ0) is 23.7. The first-order chi connectivity index (χ1) is 15.8. The predicted molar refractivity (Wildman–Crippen MR) is 130 cm³/mol. The zero-order valence-corrected chi connectivity index (χ0v) is 19.5. The van der Waals surface area contributed by atoms with E-state index in [0.29, 0.717) is 33.5 Å². The van der Waals surface area contributed by atoms with Crippen molar-refractivity contribution in [1.82, 2.24) is 0 Å². The summed E-state index contributed by atoms with van der Waals surface area (Å²) in [5, 5.41) is 3.67. The zero-order valence-electron chi connectivity index (χ0n) is 18.7. The average molecular weight is 463 g/mol. The van der Waals surface area contributed by atoms with Gasteiger partial charge in [-0.15, -0.1) is 0 Å². The van der Waals surface area contributed by atoms with Crippen molar-refractivity contribution in [3.05, 3.63) is 88.1 Å². The lowest BCUT2D eigenvalue weighted by Crippen LogP contribution is -2.32. The fourth-order valence-corrected chi connectivity index (χ4v) is 3.78. The summed E-state index contributed by atoms with van der Waals surface area (Å²) in [6.07, 6.45) is 0. The lowest BCUT2D eigenvalue weighted by molar-refractivity contribution is -0.120. The molecule has 0 unspecified atom stereocenters. The van der Waals surface area contributed by atoms with E-state index in [2.05, 4.69) is 5.32 Å². The van der Waals surface area contributed by atoms with Crippen molar-refractivity contribution < 1.29 is 19.1 Å². The normalized spacial score (nSPS) is 13.5. The van der Waals surface area contributed by atoms with Crippen LogP contribution in [0.25, 0.3) is 5.57 Å². The van der Waals surface area contributed by atoms with E-state index in [0.717, 1.165) is 11.1 Å². The van der Waals surface area contributed by atoms with Crippen LogP contribution in [0.3, 0.4) is 0 Å². The second-order valence-electron chi connectivity index (χ2n) is 7.70. The van der Waals surface area contributed by atoms with Crippen molar-refractivity contribution in [2.45, 2.75) is 13.8 Å². The van der Waals surface area contributed by atoms with Crippen LogP contribution >= 0.6 is 11.6 Å². The number of nitrogens with one attached hydrogen (secondary N) is 1. The van der Waals surface area contributed by atoms with Gasteiger partial charge in [0.25, 0.3) is 11.8 Å². The number of rotatable bonds is 6. The highest BCUT2D eigenvalue weighted by molar-refractivity contribution is 6.46. The fourth-order valence-electron chi connectivity index (χ4n) is 3.65. The number of anilines is 2. The minimum atomic E-state index is -0.449. The van der Waals surface area contributed by atoms with Crippen molar-refractivity contribution >= 4 is 40.4 Å². The maximum Gasteiger partial charge on any atom is 0.282 e. The van der Waals surface area contributed by atoms with Gasteiger partial charge in [0.15, 0.2) is 0 Å². The van der Waals surface area contributed by atoms with Gasteiger partial charge in [0, 0.05) is 28.9 Å². The van der Waals surface area contributed by atoms with Crippen molar-refractivity contribution in [1.29, 1.82) is 0 Å². The summed E-state index contributed by atoms with van der Waals surface area (Å²) in [7, 11) is 3.09. The standard InChI is InChI=1S/C26H23ClN2O4/c1-15-5-10-20(11-16(15)2)29-25(30)23(17-6-8-18(27)9-7-17)24(26(29)31)28-19-12-21(32-3)14-22(13-19)33-4/h5-14,28H,1-4H3. The molecular weight excluding hydrogens is 440 g/mol. The van der Waals surface area contributed by atoms with Crippen LogP contribution < -0.4 is 19.7 Å². The first kappa shape index (κ1) is 22.4. The largest absolute Gasteiger partial charge is 0.497 e. The molecule has 1 heterocycles. The van der Waals surface area contributed by atoms with Crippen LogP contribution in [0.5, 0.6) is 11.5 Å². The number of carbonyl (C=O) groups is 2. The molecule has 7 heteroatoms. The van der Waals surface area contributed by atoms with Gasteiger partial charge < -0.3 is 14.8 Å². The molecule has 0 saturated carbocycles. The van der Waals surface area contributed by atoms with Crippen LogP contribution in [0.4, 0.5) is 11.4 Å². The number of imide groups is 1. The number of aryl methyl sites for hydroxylation is 2. The van der Waals surface area contributed by atoms with Crippen LogP contribution in [0, 0.1) is 13.8 Å². The Kier molecular flexibility index (Phi) is 6.11. The Morgan fingerprint density at radius 2 is 1.42 bits per heavy atom. The van der Waals surface area contributed by atoms with E-state index in [9.17, 15) is 9.59 Å². The molecule has 3 aromatic rings. The van der Waals surface area contributed by atoms with Crippen LogP contribution in [-0.4, -0.2) is 26.0 Å². The molecule has 0 aromatic heterocycles. The lowest BCUT2D eigenvalue weighted by Gasteiger charge is -2.17. The summed E-state index contributed by atoms with van der Waals surface area (Å²) in [5.41, 5.74) is 4.13. The molecule has 0 aliphatic carbocycles. The highest BCUT2D eigenvalue weighted by Crippen LogP contribution is 2.36. The second kappa shape index (κ2) is 9.00. The van der Waals surface area contributed by atoms with Gasteiger partial charge in [0.1, 0.15) is 17.2 Å². The van der Waals surface area contributed by atoms with E-state index in [1.165, 1.54) is 4.90 Å². The molecule has 4 rings (SSSR count). The summed E-state index contributed by atoms with van der Waals surface area (Å²) in [6.45, 7) is 3.92. The number of nitrogens with zero attached hydrogens (tertiary/aromatic N) is 1. The number of carbonyl (C=O) groups excluding carboxylic acids is 2. The monoisotopic (exact) mass is 462 g/mol. The number of halogens is 1. The molecular formula is C26H23ClN2O4. The molecule has 0 bridgehead atoms. The van der Waals surface area contributed by atoms with Gasteiger partial charge in [-0.05, 0) is 54.8 Å². The maximum atomic E-state index is 13.6. The van der Waals surface area contributed by atoms with Gasteiger partial charge in [-0.3, -0.25) is 9.59 Å². The number of amides is 2. The van der Waals surface area contributed by atoms with Gasteiger partial charge in [-0.25, -0.2) is 4.90 Å². The van der Waals surface area contributed by atoms with Crippen LogP contribution in [0.15, 0.2) is 66.4 Å². The topological polar surface area (TPSA) is 67.9 Å². The van der Waals surface area contributed by atoms with E-state index < -0.39 is 11.8 Å². The molecule has 2 amide bonds. The Labute approximate surface area is 197 Å². The lowest BCUT2D eigenvalue weighted by atomic mass is 10.0. The van der Waals surface area contributed by atoms with Crippen molar-refractivity contribution in [2.24, 2.45) is 0 Å². The Balaban J connectivity index is 1.83. The molecule has 0 spiro atoms. The molecule has 3 aromatic carbocycles. The highest BCUT2D eigenvalue weighted by atomic mass is 35.5. The number of methoxy groups -OCH3 is 2. The number of hydrogen-bond acceptors (Lipinski definition) is 5. The summed E-state index contributed by atoms with van der Waals surface area (Å²) in [5.74, 6) is 0.236. The van der Waals surface area contributed by atoms with Crippen molar-refractivity contribution in [3.8, 4) is 11.5 Å². The third-order valence-electron chi connectivity index (χ3n) is 5.59. The summed E-state index contributed by atoms with van der Waals surface area (Å²) in [6, 6.07) is 17.5. The molecule has 1 aliphatic heterocycles. The smallest absolute Gasteiger partial charge is 0.282 e. The molecule has 0 atom stereocenters. The fraction of sp³-hybridized carbons (Fsp3) is 0.154. The Morgan fingerprint density at radius 1 is 0.788 bits per heavy atom. The van der Waals surface area contributed by atoms with Gasteiger partial charge in [0.2, 0.25) is 0 Å². The van der Waals surface area contributed by atoms with Gasteiger partial charge in [-0.1, -0.05) is 29.8 Å². The second-order valence-corrected chi connectivity index (χ2v) is 8.13. The molecule has 6 nitrogen and oxygen atoms in total. The maximum absolute atomic E-state index is 13.6. The SMILES string of the molecule is COc1cc(NC2=C(c3ccc(Cl)cc3)C(=O)N(c3ccc(C)c(C)c3)C2=O)cc(OC)c1. The first-order valence-electron chi connectivity index (χ1n) is 10.3. The molecule has 0 radical (unpaired) electrons. The minimum Gasteiger partial charge on any atom is -0.497 e. The number of ether oxygens (including phenoxy) is 2. The van der Waals surface area contributed by atoms with Gasteiger partial charge in [0.05, 0.1) is 25.5 Å². The Bertz CT molecular complexity index is 1260. The van der Waals surface area contributed by atoms with Crippen molar-refractivity contribution in [2.75, 3.05) is 24.4 Å².